The standard InChI is InChI=1S/C6H7NO2S/c1-3-2-4(5(7)8)6(10)9-3/h2,10H,1H3,(H2,7,8). The summed E-state index contributed by atoms with van der Waals surface area (Å²) >= 11 is 3.89. The lowest BCUT2D eigenvalue weighted by Gasteiger charge is -1.85. The van der Waals surface area contributed by atoms with E-state index in [-0.39, 0.29) is 5.09 Å². The SMILES string of the molecule is Cc1cc(C(N)=O)c(S)o1. The lowest BCUT2D eigenvalue weighted by Crippen LogP contribution is -2.10. The van der Waals surface area contributed by atoms with E-state index in [1.807, 2.05) is 0 Å². The molecular weight excluding hydrogens is 150 g/mol. The highest BCUT2D eigenvalue weighted by Gasteiger charge is 2.09. The van der Waals surface area contributed by atoms with E-state index in [9.17, 15) is 4.79 Å². The number of aryl methyl sites for hydroxylation is 1. The minimum atomic E-state index is -0.512. The predicted octanol–water partition coefficient (Wildman–Crippen LogP) is 0.976. The lowest BCUT2D eigenvalue weighted by atomic mass is 10.3. The number of carbonyl (C=O) groups is 1. The molecule has 0 aliphatic carbocycles. The lowest BCUT2D eigenvalue weighted by molar-refractivity contribution is 0.0995. The summed E-state index contributed by atoms with van der Waals surface area (Å²) in [5.41, 5.74) is 5.31. The molecular formula is C6H7NO2S. The number of thiol groups is 1. The molecule has 0 spiro atoms. The Morgan fingerprint density at radius 1 is 1.80 bits per heavy atom. The molecule has 1 heterocycles. The summed E-state index contributed by atoms with van der Waals surface area (Å²) in [4.78, 5) is 10.5. The predicted molar refractivity (Wildman–Crippen MR) is 39.2 cm³/mol. The molecule has 0 unspecified atom stereocenters. The smallest absolute Gasteiger partial charge is 0.253 e. The molecule has 0 bridgehead atoms. The molecule has 4 heteroatoms. The maximum absolute atomic E-state index is 10.5. The van der Waals surface area contributed by atoms with Gasteiger partial charge in [0.05, 0.1) is 5.56 Å². The second-order valence-electron chi connectivity index (χ2n) is 1.94. The van der Waals surface area contributed by atoms with Crippen molar-refractivity contribution in [1.82, 2.24) is 0 Å². The van der Waals surface area contributed by atoms with Gasteiger partial charge in [0, 0.05) is 0 Å². The maximum Gasteiger partial charge on any atom is 0.253 e. The Balaban J connectivity index is 3.15. The molecule has 0 saturated heterocycles. The van der Waals surface area contributed by atoms with Gasteiger partial charge in [-0.25, -0.2) is 0 Å². The van der Waals surface area contributed by atoms with E-state index in [2.05, 4.69) is 12.6 Å². The summed E-state index contributed by atoms with van der Waals surface area (Å²) < 4.78 is 4.94. The first-order valence-electron chi connectivity index (χ1n) is 2.70. The number of hydrogen-bond donors (Lipinski definition) is 2. The Morgan fingerprint density at radius 2 is 2.40 bits per heavy atom. The fourth-order valence-electron chi connectivity index (χ4n) is 0.678. The molecule has 0 aliphatic rings. The maximum atomic E-state index is 10.5. The molecule has 1 rings (SSSR count). The first-order chi connectivity index (χ1) is 4.61. The van der Waals surface area contributed by atoms with Crippen molar-refractivity contribution in [2.75, 3.05) is 0 Å². The van der Waals surface area contributed by atoms with Crippen molar-refractivity contribution in [3.8, 4) is 0 Å². The van der Waals surface area contributed by atoms with Crippen LogP contribution in [0.3, 0.4) is 0 Å². The van der Waals surface area contributed by atoms with Crippen LogP contribution in [-0.2, 0) is 0 Å². The summed E-state index contributed by atoms with van der Waals surface area (Å²) in [5.74, 6) is 0.126. The highest BCUT2D eigenvalue weighted by atomic mass is 32.1. The van der Waals surface area contributed by atoms with Crippen LogP contribution in [0.5, 0.6) is 0 Å². The first-order valence-corrected chi connectivity index (χ1v) is 3.15. The number of rotatable bonds is 1. The van der Waals surface area contributed by atoms with E-state index in [0.29, 0.717) is 11.3 Å². The zero-order chi connectivity index (χ0) is 7.72. The molecule has 0 aromatic carbocycles. The number of furan rings is 1. The molecule has 1 amide bonds. The molecule has 0 atom stereocenters. The van der Waals surface area contributed by atoms with Crippen molar-refractivity contribution in [3.63, 3.8) is 0 Å². The van der Waals surface area contributed by atoms with Gasteiger partial charge >= 0.3 is 0 Å². The van der Waals surface area contributed by atoms with Crippen LogP contribution in [-0.4, -0.2) is 5.91 Å². The van der Waals surface area contributed by atoms with E-state index in [1.54, 1.807) is 13.0 Å². The van der Waals surface area contributed by atoms with Gasteiger partial charge < -0.3 is 10.2 Å². The molecule has 0 fully saturated rings. The number of primary amides is 1. The zero-order valence-electron chi connectivity index (χ0n) is 5.42. The Morgan fingerprint density at radius 3 is 2.60 bits per heavy atom. The number of hydrogen-bond acceptors (Lipinski definition) is 3. The van der Waals surface area contributed by atoms with Gasteiger partial charge in [0.1, 0.15) is 5.76 Å². The van der Waals surface area contributed by atoms with Gasteiger partial charge in [-0.2, -0.15) is 0 Å². The third-order valence-electron chi connectivity index (χ3n) is 1.10. The molecule has 54 valence electrons. The van der Waals surface area contributed by atoms with Crippen LogP contribution in [0.2, 0.25) is 0 Å². The van der Waals surface area contributed by atoms with E-state index < -0.39 is 5.91 Å². The molecule has 0 radical (unpaired) electrons. The largest absolute Gasteiger partial charge is 0.455 e. The summed E-state index contributed by atoms with van der Waals surface area (Å²) in [6, 6.07) is 1.56. The summed E-state index contributed by atoms with van der Waals surface area (Å²) in [6.45, 7) is 1.73. The van der Waals surface area contributed by atoms with Crippen LogP contribution in [0.15, 0.2) is 15.6 Å². The quantitative estimate of drug-likeness (QED) is 0.597. The van der Waals surface area contributed by atoms with Crippen molar-refractivity contribution in [2.24, 2.45) is 5.73 Å². The molecule has 2 N–H and O–H groups in total. The van der Waals surface area contributed by atoms with Crippen LogP contribution in [0, 0.1) is 6.92 Å². The summed E-state index contributed by atoms with van der Waals surface area (Å²) in [7, 11) is 0. The fraction of sp³-hybridized carbons (Fsp3) is 0.167. The van der Waals surface area contributed by atoms with Crippen molar-refractivity contribution in [1.29, 1.82) is 0 Å². The van der Waals surface area contributed by atoms with E-state index in [1.165, 1.54) is 0 Å². The normalized spacial score (nSPS) is 9.80. The summed E-state index contributed by atoms with van der Waals surface area (Å²) in [5, 5.41) is 0.282. The van der Waals surface area contributed by atoms with E-state index in [4.69, 9.17) is 10.2 Å². The summed E-state index contributed by atoms with van der Waals surface area (Å²) in [6.07, 6.45) is 0. The first kappa shape index (κ1) is 7.21. The highest BCUT2D eigenvalue weighted by Crippen LogP contribution is 2.17. The van der Waals surface area contributed by atoms with Gasteiger partial charge in [-0.3, -0.25) is 4.79 Å². The van der Waals surface area contributed by atoms with Crippen LogP contribution in [0.4, 0.5) is 0 Å². The molecule has 1 aromatic rings. The van der Waals surface area contributed by atoms with Crippen molar-refractivity contribution in [2.45, 2.75) is 12.0 Å². The van der Waals surface area contributed by atoms with Crippen LogP contribution >= 0.6 is 12.6 Å². The van der Waals surface area contributed by atoms with E-state index in [0.717, 1.165) is 0 Å². The van der Waals surface area contributed by atoms with Gasteiger partial charge in [0.2, 0.25) is 0 Å². The van der Waals surface area contributed by atoms with Crippen LogP contribution < -0.4 is 5.73 Å². The second-order valence-corrected chi connectivity index (χ2v) is 2.35. The third-order valence-corrected chi connectivity index (χ3v) is 1.43. The number of amides is 1. The van der Waals surface area contributed by atoms with Gasteiger partial charge in [0.15, 0.2) is 5.09 Å². The topological polar surface area (TPSA) is 56.2 Å². The molecule has 3 nitrogen and oxygen atoms in total. The third kappa shape index (κ3) is 1.16. The van der Waals surface area contributed by atoms with Gasteiger partial charge in [-0.05, 0) is 13.0 Å². The molecule has 0 aliphatic heterocycles. The monoisotopic (exact) mass is 157 g/mol. The fourth-order valence-corrected chi connectivity index (χ4v) is 0.997. The van der Waals surface area contributed by atoms with Crippen molar-refractivity contribution < 1.29 is 9.21 Å². The Labute approximate surface area is 63.6 Å². The van der Waals surface area contributed by atoms with Crippen molar-refractivity contribution in [3.05, 3.63) is 17.4 Å². The molecule has 10 heavy (non-hydrogen) atoms. The average molecular weight is 157 g/mol. The van der Waals surface area contributed by atoms with E-state index >= 15 is 0 Å². The highest BCUT2D eigenvalue weighted by molar-refractivity contribution is 7.80. The minimum absolute atomic E-state index is 0.282. The van der Waals surface area contributed by atoms with Crippen LogP contribution in [0.1, 0.15) is 16.1 Å². The Kier molecular flexibility index (Phi) is 1.72. The Bertz CT molecular complexity index is 267. The van der Waals surface area contributed by atoms with Gasteiger partial charge in [-0.1, -0.05) is 0 Å². The average Bonchev–Trinajstić information content (AvgIpc) is 2.10. The second kappa shape index (κ2) is 2.38. The van der Waals surface area contributed by atoms with Crippen molar-refractivity contribution >= 4 is 18.5 Å². The van der Waals surface area contributed by atoms with Crippen LogP contribution in [0.25, 0.3) is 0 Å². The number of carbonyl (C=O) groups excluding carboxylic acids is 1. The Hall–Kier alpha value is -0.900. The molecule has 0 saturated carbocycles. The molecule has 1 aromatic heterocycles. The number of nitrogens with two attached hydrogens (primary N) is 1. The van der Waals surface area contributed by atoms with Gasteiger partial charge in [0.25, 0.3) is 5.91 Å². The van der Waals surface area contributed by atoms with Gasteiger partial charge in [-0.15, -0.1) is 12.6 Å². The minimum Gasteiger partial charge on any atom is -0.455 e. The zero-order valence-corrected chi connectivity index (χ0v) is 6.31.